The standard InChI is InChI=1S/C19H26N4O3S/c1-4-21-27(25,26)16-6-5-13(2)17(11-16)19(24)23-9-7-15(8-10-23)18-12-20-22-14(18)3/h5-6,11-12,15,21H,4,7-10H2,1-3H3,(H,20,22). The second-order valence-electron chi connectivity index (χ2n) is 6.99. The number of hydrogen-bond acceptors (Lipinski definition) is 4. The molecule has 3 rings (SSSR count). The van der Waals surface area contributed by atoms with Crippen molar-refractivity contribution < 1.29 is 13.2 Å². The number of rotatable bonds is 5. The summed E-state index contributed by atoms with van der Waals surface area (Å²) in [6.45, 7) is 7.18. The average Bonchev–Trinajstić information content (AvgIpc) is 3.07. The normalized spacial score (nSPS) is 15.9. The van der Waals surface area contributed by atoms with E-state index in [9.17, 15) is 13.2 Å². The van der Waals surface area contributed by atoms with Gasteiger partial charge in [0.15, 0.2) is 0 Å². The summed E-state index contributed by atoms with van der Waals surface area (Å²) >= 11 is 0. The first-order valence-electron chi connectivity index (χ1n) is 9.23. The second-order valence-corrected chi connectivity index (χ2v) is 8.76. The maximum atomic E-state index is 13.0. The average molecular weight is 391 g/mol. The summed E-state index contributed by atoms with van der Waals surface area (Å²) in [7, 11) is -3.59. The second kappa shape index (κ2) is 7.82. The first kappa shape index (κ1) is 19.6. The van der Waals surface area contributed by atoms with Gasteiger partial charge in [-0.25, -0.2) is 13.1 Å². The number of carbonyl (C=O) groups is 1. The molecule has 0 radical (unpaired) electrons. The van der Waals surface area contributed by atoms with Crippen LogP contribution in [0.3, 0.4) is 0 Å². The van der Waals surface area contributed by atoms with Gasteiger partial charge in [-0.1, -0.05) is 13.0 Å². The van der Waals surface area contributed by atoms with Crippen LogP contribution < -0.4 is 4.72 Å². The molecule has 146 valence electrons. The van der Waals surface area contributed by atoms with Crippen molar-refractivity contribution in [1.29, 1.82) is 0 Å². The summed E-state index contributed by atoms with van der Waals surface area (Å²) in [6.07, 6.45) is 3.62. The lowest BCUT2D eigenvalue weighted by molar-refractivity contribution is 0.0712. The van der Waals surface area contributed by atoms with Crippen LogP contribution in [0.25, 0.3) is 0 Å². The van der Waals surface area contributed by atoms with Crippen LogP contribution in [0.2, 0.25) is 0 Å². The Bertz CT molecular complexity index is 928. The Hall–Kier alpha value is -2.19. The number of aryl methyl sites for hydroxylation is 2. The highest BCUT2D eigenvalue weighted by atomic mass is 32.2. The fraction of sp³-hybridized carbons (Fsp3) is 0.474. The molecular weight excluding hydrogens is 364 g/mol. The zero-order valence-corrected chi connectivity index (χ0v) is 16.8. The van der Waals surface area contributed by atoms with E-state index in [4.69, 9.17) is 0 Å². The third-order valence-electron chi connectivity index (χ3n) is 5.18. The molecule has 2 aromatic rings. The van der Waals surface area contributed by atoms with Crippen LogP contribution in [0.1, 0.15) is 52.9 Å². The quantitative estimate of drug-likeness (QED) is 0.819. The van der Waals surface area contributed by atoms with Gasteiger partial charge < -0.3 is 4.90 Å². The molecule has 1 aliphatic rings. The summed E-state index contributed by atoms with van der Waals surface area (Å²) in [5, 5.41) is 7.06. The predicted molar refractivity (Wildman–Crippen MR) is 103 cm³/mol. The molecule has 0 unspecified atom stereocenters. The van der Waals surface area contributed by atoms with Crippen molar-refractivity contribution in [3.63, 3.8) is 0 Å². The number of amides is 1. The van der Waals surface area contributed by atoms with Gasteiger partial charge in [0.25, 0.3) is 5.91 Å². The fourth-order valence-corrected chi connectivity index (χ4v) is 4.67. The number of piperidine rings is 1. The molecule has 2 N–H and O–H groups in total. The minimum atomic E-state index is -3.59. The van der Waals surface area contributed by atoms with Crippen LogP contribution in [-0.4, -0.2) is 49.1 Å². The molecule has 0 saturated carbocycles. The van der Waals surface area contributed by atoms with E-state index in [1.807, 2.05) is 24.9 Å². The van der Waals surface area contributed by atoms with Crippen LogP contribution in [0.15, 0.2) is 29.3 Å². The van der Waals surface area contributed by atoms with Gasteiger partial charge in [-0.05, 0) is 55.9 Å². The monoisotopic (exact) mass is 390 g/mol. The molecule has 27 heavy (non-hydrogen) atoms. The number of aromatic amines is 1. The Balaban J connectivity index is 1.76. The molecule has 1 fully saturated rings. The van der Waals surface area contributed by atoms with E-state index in [2.05, 4.69) is 14.9 Å². The van der Waals surface area contributed by atoms with Crippen molar-refractivity contribution in [2.75, 3.05) is 19.6 Å². The molecular formula is C19H26N4O3S. The van der Waals surface area contributed by atoms with Crippen molar-refractivity contribution in [3.8, 4) is 0 Å². The Morgan fingerprint density at radius 1 is 1.30 bits per heavy atom. The van der Waals surface area contributed by atoms with E-state index in [0.29, 0.717) is 31.1 Å². The maximum Gasteiger partial charge on any atom is 0.254 e. The third kappa shape index (κ3) is 4.06. The molecule has 1 aromatic carbocycles. The number of nitrogens with one attached hydrogen (secondary N) is 2. The van der Waals surface area contributed by atoms with E-state index >= 15 is 0 Å². The van der Waals surface area contributed by atoms with Gasteiger partial charge in [0.2, 0.25) is 10.0 Å². The first-order chi connectivity index (χ1) is 12.8. The summed E-state index contributed by atoms with van der Waals surface area (Å²) in [6, 6.07) is 4.72. The first-order valence-corrected chi connectivity index (χ1v) is 10.7. The Morgan fingerprint density at radius 3 is 2.59 bits per heavy atom. The third-order valence-corrected chi connectivity index (χ3v) is 6.72. The highest BCUT2D eigenvalue weighted by molar-refractivity contribution is 7.89. The molecule has 1 aliphatic heterocycles. The van der Waals surface area contributed by atoms with E-state index in [1.54, 1.807) is 13.0 Å². The molecule has 7 nitrogen and oxygen atoms in total. The largest absolute Gasteiger partial charge is 0.339 e. The lowest BCUT2D eigenvalue weighted by Crippen LogP contribution is -2.38. The van der Waals surface area contributed by atoms with Gasteiger partial charge >= 0.3 is 0 Å². The van der Waals surface area contributed by atoms with Crippen LogP contribution in [0, 0.1) is 13.8 Å². The smallest absolute Gasteiger partial charge is 0.254 e. The molecule has 8 heteroatoms. The van der Waals surface area contributed by atoms with Gasteiger partial charge in [0.1, 0.15) is 0 Å². The van der Waals surface area contributed by atoms with Gasteiger partial charge in [0, 0.05) is 30.9 Å². The van der Waals surface area contributed by atoms with Crippen LogP contribution >= 0.6 is 0 Å². The molecule has 1 amide bonds. The number of nitrogens with zero attached hydrogens (tertiary/aromatic N) is 2. The van der Waals surface area contributed by atoms with E-state index in [1.165, 1.54) is 17.7 Å². The van der Waals surface area contributed by atoms with Crippen LogP contribution in [0.5, 0.6) is 0 Å². The van der Waals surface area contributed by atoms with Crippen molar-refractivity contribution in [1.82, 2.24) is 19.8 Å². The SMILES string of the molecule is CCNS(=O)(=O)c1ccc(C)c(C(=O)N2CCC(c3cn[nH]c3C)CC2)c1. The zero-order valence-electron chi connectivity index (χ0n) is 15.9. The Labute approximate surface area is 160 Å². The van der Waals surface area contributed by atoms with Crippen LogP contribution in [-0.2, 0) is 10.0 Å². The summed E-state index contributed by atoms with van der Waals surface area (Å²) < 4.78 is 27.0. The van der Waals surface area contributed by atoms with E-state index in [-0.39, 0.29) is 10.8 Å². The number of carbonyl (C=O) groups excluding carboxylic acids is 1. The topological polar surface area (TPSA) is 95.2 Å². The van der Waals surface area contributed by atoms with Gasteiger partial charge in [-0.2, -0.15) is 5.10 Å². The molecule has 0 aliphatic carbocycles. The molecule has 0 spiro atoms. The van der Waals surface area contributed by atoms with Crippen molar-refractivity contribution >= 4 is 15.9 Å². The summed E-state index contributed by atoms with van der Waals surface area (Å²) in [5.74, 6) is 0.290. The van der Waals surface area contributed by atoms with E-state index in [0.717, 1.165) is 24.1 Å². The molecule has 1 aromatic heterocycles. The number of hydrogen-bond donors (Lipinski definition) is 2. The lowest BCUT2D eigenvalue weighted by atomic mass is 9.89. The predicted octanol–water partition coefficient (Wildman–Crippen LogP) is 2.34. The Kier molecular flexibility index (Phi) is 5.67. The highest BCUT2D eigenvalue weighted by Crippen LogP contribution is 2.30. The number of sulfonamides is 1. The van der Waals surface area contributed by atoms with Crippen molar-refractivity contribution in [2.24, 2.45) is 0 Å². The molecule has 0 bridgehead atoms. The number of likely N-dealkylation sites (tertiary alicyclic amines) is 1. The summed E-state index contributed by atoms with van der Waals surface area (Å²) in [4.78, 5) is 15.0. The molecule has 0 atom stereocenters. The minimum absolute atomic E-state index is 0.108. The highest BCUT2D eigenvalue weighted by Gasteiger charge is 2.27. The van der Waals surface area contributed by atoms with Gasteiger partial charge in [-0.15, -0.1) is 0 Å². The lowest BCUT2D eigenvalue weighted by Gasteiger charge is -2.32. The zero-order chi connectivity index (χ0) is 19.6. The number of aromatic nitrogens is 2. The van der Waals surface area contributed by atoms with Gasteiger partial charge in [0.05, 0.1) is 11.1 Å². The van der Waals surface area contributed by atoms with Crippen molar-refractivity contribution in [3.05, 3.63) is 46.8 Å². The number of benzene rings is 1. The minimum Gasteiger partial charge on any atom is -0.339 e. The number of H-pyrrole nitrogens is 1. The molecule has 1 saturated heterocycles. The summed E-state index contributed by atoms with van der Waals surface area (Å²) in [5.41, 5.74) is 3.53. The Morgan fingerprint density at radius 2 is 2.00 bits per heavy atom. The van der Waals surface area contributed by atoms with E-state index < -0.39 is 10.0 Å². The fourth-order valence-electron chi connectivity index (χ4n) is 3.61. The van der Waals surface area contributed by atoms with Crippen molar-refractivity contribution in [2.45, 2.75) is 44.4 Å². The maximum absolute atomic E-state index is 13.0. The molecule has 2 heterocycles. The van der Waals surface area contributed by atoms with Crippen LogP contribution in [0.4, 0.5) is 0 Å². The van der Waals surface area contributed by atoms with Gasteiger partial charge in [-0.3, -0.25) is 9.89 Å².